The number of rotatable bonds is 2. The Morgan fingerprint density at radius 1 is 1.27 bits per heavy atom. The number of hydrogen-bond acceptors (Lipinski definition) is 1. The zero-order valence-electron chi connectivity index (χ0n) is 4.22. The molecule has 0 aromatic rings. The zero-order chi connectivity index (χ0) is 5.70. The van der Waals surface area contributed by atoms with E-state index in [2.05, 4.69) is 0 Å². The lowest BCUT2D eigenvalue weighted by molar-refractivity contribution is -0.131. The highest BCUT2D eigenvalue weighted by Crippen LogP contribution is 1.76. The number of carbonyl (C=O) groups is 1. The van der Waals surface area contributed by atoms with Gasteiger partial charge in [-0.2, -0.15) is 0 Å². The Kier molecular flexibility index (Phi) is 66.3. The molecule has 2 heteroatoms. The highest BCUT2D eigenvalue weighted by Gasteiger charge is 1.79. The van der Waals surface area contributed by atoms with Crippen LogP contribution in [0.1, 0.15) is 43.1 Å². The van der Waals surface area contributed by atoms with Gasteiger partial charge in [-0.1, -0.05) is 42.7 Å². The number of aliphatic carboxylic acids is 1. The summed E-state index contributed by atoms with van der Waals surface area (Å²) < 4.78 is 0. The molecule has 0 aliphatic rings. The van der Waals surface area contributed by atoms with E-state index in [9.17, 15) is 4.79 Å². The first-order chi connectivity index (χ1) is 3.27. The first kappa shape index (κ1) is 31.9. The molecule has 0 amide bonds. The lowest BCUT2D eigenvalue weighted by Crippen LogP contribution is -1.84. The molecule has 0 spiro atoms. The van der Waals surface area contributed by atoms with E-state index < -0.39 is 5.97 Å². The van der Waals surface area contributed by atoms with Gasteiger partial charge in [-0.3, -0.25) is 0 Å². The van der Waals surface area contributed by atoms with Gasteiger partial charge in [0.2, 0.25) is 0 Å². The van der Waals surface area contributed by atoms with E-state index in [0.717, 1.165) is 12.5 Å². The topological polar surface area (TPSA) is 37.3 Å². The molecule has 11 heavy (non-hydrogen) atoms. The molecule has 0 aromatic carbocycles. The molecular weight excluding hydrogens is 140 g/mol. The fourth-order valence-electron chi connectivity index (χ4n) is 0.219. The summed E-state index contributed by atoms with van der Waals surface area (Å²) in [6.45, 7) is 1.89. The fraction of sp³-hybridized carbons (Fsp3) is 0.667. The van der Waals surface area contributed by atoms with Crippen LogP contribution in [0.15, 0.2) is 12.2 Å². The molecular formula is C9H24O2. The minimum Gasteiger partial charge on any atom is -0.478 e. The quantitative estimate of drug-likeness (QED) is 0.633. The van der Waals surface area contributed by atoms with Crippen molar-refractivity contribution in [2.75, 3.05) is 0 Å². The van der Waals surface area contributed by atoms with Crippen LogP contribution >= 0.6 is 0 Å². The molecule has 72 valence electrons. The van der Waals surface area contributed by atoms with E-state index in [1.807, 2.05) is 6.92 Å². The standard InChI is InChI=1S/C5H8O2.4CH4/c1-2-3-4-5(6)7;;;;/h3-4H,2H2,1H3,(H,6,7);4*1H4. The predicted molar refractivity (Wildman–Crippen MR) is 54.0 cm³/mol. The van der Waals surface area contributed by atoms with Crippen molar-refractivity contribution >= 4 is 5.97 Å². The van der Waals surface area contributed by atoms with Crippen LogP contribution in [-0.4, -0.2) is 11.1 Å². The molecule has 0 heterocycles. The number of carboxylic acid groups (broad SMARTS) is 1. The van der Waals surface area contributed by atoms with Crippen LogP contribution < -0.4 is 0 Å². The van der Waals surface area contributed by atoms with Gasteiger partial charge in [-0.15, -0.1) is 0 Å². The van der Waals surface area contributed by atoms with E-state index in [0.29, 0.717) is 0 Å². The van der Waals surface area contributed by atoms with Crippen molar-refractivity contribution < 1.29 is 9.90 Å². The second-order valence-corrected chi connectivity index (χ2v) is 1.15. The first-order valence-electron chi connectivity index (χ1n) is 2.17. The molecule has 0 aliphatic heterocycles. The monoisotopic (exact) mass is 164 g/mol. The van der Waals surface area contributed by atoms with Crippen molar-refractivity contribution in [2.45, 2.75) is 43.1 Å². The summed E-state index contributed by atoms with van der Waals surface area (Å²) in [5.74, 6) is -0.873. The van der Waals surface area contributed by atoms with Crippen molar-refractivity contribution in [2.24, 2.45) is 0 Å². The second-order valence-electron chi connectivity index (χ2n) is 1.15. The number of hydrogen-bond donors (Lipinski definition) is 1. The van der Waals surface area contributed by atoms with E-state index in [-0.39, 0.29) is 29.7 Å². The Morgan fingerprint density at radius 2 is 1.64 bits per heavy atom. The largest absolute Gasteiger partial charge is 0.478 e. The SMILES string of the molecule is C.C.C.C.CCC=CC(=O)O. The Balaban J connectivity index is -0.0000000300. The average Bonchev–Trinajstić information content (AvgIpc) is 1.61. The maximum atomic E-state index is 9.67. The fourth-order valence-corrected chi connectivity index (χ4v) is 0.219. The first-order valence-corrected chi connectivity index (χ1v) is 2.17. The highest BCUT2D eigenvalue weighted by atomic mass is 16.4. The summed E-state index contributed by atoms with van der Waals surface area (Å²) >= 11 is 0. The maximum Gasteiger partial charge on any atom is 0.327 e. The second kappa shape index (κ2) is 22.9. The van der Waals surface area contributed by atoms with Crippen LogP contribution in [0.5, 0.6) is 0 Å². The van der Waals surface area contributed by atoms with Crippen LogP contribution in [0.25, 0.3) is 0 Å². The Hall–Kier alpha value is -0.790. The molecule has 0 saturated carbocycles. The molecule has 1 N–H and O–H groups in total. The zero-order valence-corrected chi connectivity index (χ0v) is 4.22. The molecule has 0 aromatic heterocycles. The third kappa shape index (κ3) is 46.5. The van der Waals surface area contributed by atoms with Crippen molar-refractivity contribution in [3.8, 4) is 0 Å². The molecule has 2 nitrogen and oxygen atoms in total. The lowest BCUT2D eigenvalue weighted by atomic mass is 10.4. The van der Waals surface area contributed by atoms with Gasteiger partial charge in [0.05, 0.1) is 0 Å². The molecule has 0 atom stereocenters. The Labute approximate surface area is 71.9 Å². The number of carboxylic acids is 1. The molecule has 0 aliphatic carbocycles. The molecule has 0 unspecified atom stereocenters. The van der Waals surface area contributed by atoms with Gasteiger partial charge in [-0.05, 0) is 6.42 Å². The van der Waals surface area contributed by atoms with Gasteiger partial charge in [0.1, 0.15) is 0 Å². The van der Waals surface area contributed by atoms with E-state index in [1.54, 1.807) is 6.08 Å². The number of allylic oxidation sites excluding steroid dienone is 1. The summed E-state index contributed by atoms with van der Waals surface area (Å²) in [7, 11) is 0. The molecule has 0 bridgehead atoms. The normalized spacial score (nSPS) is 6.27. The summed E-state index contributed by atoms with van der Waals surface area (Å²) in [6.07, 6.45) is 3.52. The van der Waals surface area contributed by atoms with Gasteiger partial charge in [0.15, 0.2) is 0 Å². The summed E-state index contributed by atoms with van der Waals surface area (Å²) in [5, 5.41) is 7.96. The molecule has 0 radical (unpaired) electrons. The van der Waals surface area contributed by atoms with Gasteiger partial charge in [0, 0.05) is 6.08 Å². The maximum absolute atomic E-state index is 9.67. The third-order valence-electron chi connectivity index (χ3n) is 0.496. The van der Waals surface area contributed by atoms with Gasteiger partial charge < -0.3 is 5.11 Å². The Morgan fingerprint density at radius 3 is 1.73 bits per heavy atom. The van der Waals surface area contributed by atoms with E-state index in [1.165, 1.54) is 0 Å². The van der Waals surface area contributed by atoms with Gasteiger partial charge in [0.25, 0.3) is 0 Å². The van der Waals surface area contributed by atoms with Crippen molar-refractivity contribution in [1.29, 1.82) is 0 Å². The van der Waals surface area contributed by atoms with Gasteiger partial charge >= 0.3 is 5.97 Å². The van der Waals surface area contributed by atoms with Crippen LogP contribution in [0.4, 0.5) is 0 Å². The van der Waals surface area contributed by atoms with E-state index in [4.69, 9.17) is 5.11 Å². The van der Waals surface area contributed by atoms with Crippen LogP contribution in [0, 0.1) is 0 Å². The van der Waals surface area contributed by atoms with Crippen molar-refractivity contribution in [3.63, 3.8) is 0 Å². The summed E-state index contributed by atoms with van der Waals surface area (Å²) in [5.41, 5.74) is 0. The summed E-state index contributed by atoms with van der Waals surface area (Å²) in [4.78, 5) is 9.67. The van der Waals surface area contributed by atoms with E-state index >= 15 is 0 Å². The van der Waals surface area contributed by atoms with Crippen LogP contribution in [0.3, 0.4) is 0 Å². The molecule has 0 fully saturated rings. The average molecular weight is 164 g/mol. The minimum absolute atomic E-state index is 0. The smallest absolute Gasteiger partial charge is 0.327 e. The van der Waals surface area contributed by atoms with Crippen LogP contribution in [-0.2, 0) is 4.79 Å². The minimum atomic E-state index is -0.873. The van der Waals surface area contributed by atoms with Crippen molar-refractivity contribution in [3.05, 3.63) is 12.2 Å². The lowest BCUT2D eigenvalue weighted by Gasteiger charge is -1.73. The highest BCUT2D eigenvalue weighted by molar-refractivity contribution is 5.79. The summed E-state index contributed by atoms with van der Waals surface area (Å²) in [6, 6.07) is 0. The van der Waals surface area contributed by atoms with Crippen LogP contribution in [0.2, 0.25) is 0 Å². The Bertz CT molecular complexity index is 85.6. The van der Waals surface area contributed by atoms with Gasteiger partial charge in [-0.25, -0.2) is 4.79 Å². The van der Waals surface area contributed by atoms with Crippen molar-refractivity contribution in [1.82, 2.24) is 0 Å². The molecule has 0 saturated heterocycles. The third-order valence-corrected chi connectivity index (χ3v) is 0.496. The molecule has 0 rings (SSSR count). The predicted octanol–water partition coefficient (Wildman–Crippen LogP) is 3.58.